The lowest BCUT2D eigenvalue weighted by molar-refractivity contribution is -0.136. The fourth-order valence-corrected chi connectivity index (χ4v) is 2.72. The summed E-state index contributed by atoms with van der Waals surface area (Å²) in [6.07, 6.45) is 5.15. The monoisotopic (exact) mass is 369 g/mol. The second-order valence-corrected chi connectivity index (χ2v) is 6.44. The highest BCUT2D eigenvalue weighted by molar-refractivity contribution is 6.32. The number of unbranched alkanes of at least 4 members (excludes halogenated alkanes) is 2. The number of oxime groups is 1. The fraction of sp³-hybridized carbons (Fsp3) is 0.238. The smallest absolute Gasteiger partial charge is 0.368 e. The van der Waals surface area contributed by atoms with Gasteiger partial charge in [0.25, 0.3) is 0 Å². The molecule has 0 radical (unpaired) electrons. The molecule has 0 aliphatic carbocycles. The molecule has 26 heavy (non-hydrogen) atoms. The van der Waals surface area contributed by atoms with E-state index in [-0.39, 0.29) is 0 Å². The molecule has 0 N–H and O–H groups in total. The third-order valence-electron chi connectivity index (χ3n) is 4.02. The average molecular weight is 370 g/mol. The first-order chi connectivity index (χ1) is 12.7. The van der Waals surface area contributed by atoms with Crippen LogP contribution in [0.1, 0.15) is 37.3 Å². The van der Waals surface area contributed by atoms with Gasteiger partial charge in [0.15, 0.2) is 0 Å². The Morgan fingerprint density at radius 2 is 1.81 bits per heavy atom. The normalized spacial score (nSPS) is 15.1. The summed E-state index contributed by atoms with van der Waals surface area (Å²) in [6.45, 7) is 2.88. The molecule has 0 atom stereocenters. The van der Waals surface area contributed by atoms with E-state index in [1.54, 1.807) is 18.2 Å². The molecule has 0 unspecified atom stereocenters. The van der Waals surface area contributed by atoms with Crippen LogP contribution in [0.5, 0.6) is 5.75 Å². The Bertz CT molecular complexity index is 823. The summed E-state index contributed by atoms with van der Waals surface area (Å²) in [7, 11) is 0. The molecule has 134 valence electrons. The van der Waals surface area contributed by atoms with Crippen LogP contribution in [0.15, 0.2) is 59.3 Å². The third-order valence-corrected chi connectivity index (χ3v) is 4.27. The molecule has 0 fully saturated rings. The van der Waals surface area contributed by atoms with Crippen molar-refractivity contribution in [2.75, 3.05) is 6.61 Å². The molecule has 1 aliphatic heterocycles. The summed E-state index contributed by atoms with van der Waals surface area (Å²) in [5.41, 5.74) is 2.58. The van der Waals surface area contributed by atoms with Crippen molar-refractivity contribution in [2.24, 2.45) is 5.16 Å². The molecule has 2 aromatic rings. The van der Waals surface area contributed by atoms with Gasteiger partial charge in [0, 0.05) is 10.6 Å². The maximum Gasteiger partial charge on any atom is 0.368 e. The molecule has 1 heterocycles. The first-order valence-electron chi connectivity index (χ1n) is 8.67. The predicted octanol–water partition coefficient (Wildman–Crippen LogP) is 5.25. The molecular formula is C21H20ClNO3. The molecular weight excluding hydrogens is 350 g/mol. The number of ether oxygens (including phenoxy) is 1. The SMILES string of the molecule is CCCCCOc1ccc(/C=C2/C(=O)ON=C2c2ccc(Cl)cc2)cc1. The van der Waals surface area contributed by atoms with Crippen molar-refractivity contribution in [3.63, 3.8) is 0 Å². The molecule has 5 heteroatoms. The van der Waals surface area contributed by atoms with Crippen molar-refractivity contribution < 1.29 is 14.4 Å². The second-order valence-electron chi connectivity index (χ2n) is 6.01. The zero-order chi connectivity index (χ0) is 18.4. The van der Waals surface area contributed by atoms with E-state index in [0.717, 1.165) is 23.3 Å². The van der Waals surface area contributed by atoms with Gasteiger partial charge in [-0.2, -0.15) is 0 Å². The number of rotatable bonds is 7. The standard InChI is InChI=1S/C21H20ClNO3/c1-2-3-4-13-25-18-11-5-15(6-12-18)14-19-20(23-26-21(19)24)16-7-9-17(22)10-8-16/h5-12,14H,2-4,13H2,1H3/b19-14+. The lowest BCUT2D eigenvalue weighted by atomic mass is 10.0. The zero-order valence-corrected chi connectivity index (χ0v) is 15.3. The summed E-state index contributed by atoms with van der Waals surface area (Å²) in [5.74, 6) is 0.360. The van der Waals surface area contributed by atoms with Crippen LogP contribution in [0.4, 0.5) is 0 Å². The van der Waals surface area contributed by atoms with E-state index in [0.29, 0.717) is 22.9 Å². The Morgan fingerprint density at radius 3 is 2.50 bits per heavy atom. The van der Waals surface area contributed by atoms with Crippen LogP contribution in [0.2, 0.25) is 5.02 Å². The van der Waals surface area contributed by atoms with Crippen LogP contribution in [0.25, 0.3) is 6.08 Å². The van der Waals surface area contributed by atoms with E-state index < -0.39 is 5.97 Å². The lowest BCUT2D eigenvalue weighted by Crippen LogP contribution is -2.06. The van der Waals surface area contributed by atoms with Crippen molar-refractivity contribution in [1.29, 1.82) is 0 Å². The second kappa shape index (κ2) is 8.68. The molecule has 4 nitrogen and oxygen atoms in total. The van der Waals surface area contributed by atoms with Gasteiger partial charge in [-0.1, -0.05) is 60.8 Å². The van der Waals surface area contributed by atoms with Gasteiger partial charge in [-0.3, -0.25) is 0 Å². The summed E-state index contributed by atoms with van der Waals surface area (Å²) in [6, 6.07) is 14.7. The quantitative estimate of drug-likeness (QED) is 0.380. The fourth-order valence-electron chi connectivity index (χ4n) is 2.59. The first kappa shape index (κ1) is 18.2. The van der Waals surface area contributed by atoms with Crippen molar-refractivity contribution in [3.05, 3.63) is 70.3 Å². The van der Waals surface area contributed by atoms with E-state index in [2.05, 4.69) is 12.1 Å². The van der Waals surface area contributed by atoms with Gasteiger partial charge in [0.05, 0.1) is 12.2 Å². The number of carbonyl (C=O) groups excluding carboxylic acids is 1. The van der Waals surface area contributed by atoms with E-state index in [9.17, 15) is 4.79 Å². The minimum absolute atomic E-state index is 0.420. The van der Waals surface area contributed by atoms with Crippen LogP contribution in [-0.2, 0) is 9.63 Å². The maximum atomic E-state index is 12.0. The Kier molecular flexibility index (Phi) is 6.08. The number of halogens is 1. The molecule has 0 saturated carbocycles. The van der Waals surface area contributed by atoms with Crippen molar-refractivity contribution >= 4 is 29.4 Å². The molecule has 0 aromatic heterocycles. The summed E-state index contributed by atoms with van der Waals surface area (Å²) in [5, 5.41) is 4.53. The minimum Gasteiger partial charge on any atom is -0.494 e. The van der Waals surface area contributed by atoms with Gasteiger partial charge >= 0.3 is 5.97 Å². The number of carbonyl (C=O) groups is 1. The van der Waals surface area contributed by atoms with Gasteiger partial charge < -0.3 is 9.57 Å². The zero-order valence-electron chi connectivity index (χ0n) is 14.6. The Balaban J connectivity index is 1.74. The van der Waals surface area contributed by atoms with Crippen LogP contribution in [0.3, 0.4) is 0 Å². The van der Waals surface area contributed by atoms with E-state index in [4.69, 9.17) is 21.2 Å². The van der Waals surface area contributed by atoms with Gasteiger partial charge in [-0.05, 0) is 42.3 Å². The molecule has 0 saturated heterocycles. The first-order valence-corrected chi connectivity index (χ1v) is 9.05. The number of nitrogens with zero attached hydrogens (tertiary/aromatic N) is 1. The van der Waals surface area contributed by atoms with Gasteiger partial charge in [-0.15, -0.1) is 0 Å². The molecule has 1 aliphatic rings. The summed E-state index contributed by atoms with van der Waals surface area (Å²) in [4.78, 5) is 16.9. The Hall–Kier alpha value is -2.59. The van der Waals surface area contributed by atoms with Crippen LogP contribution >= 0.6 is 11.6 Å². The van der Waals surface area contributed by atoms with Crippen LogP contribution in [-0.4, -0.2) is 18.3 Å². The van der Waals surface area contributed by atoms with Gasteiger partial charge in [0.2, 0.25) is 0 Å². The summed E-state index contributed by atoms with van der Waals surface area (Å²) >= 11 is 5.92. The highest BCUT2D eigenvalue weighted by atomic mass is 35.5. The maximum absolute atomic E-state index is 12.0. The highest BCUT2D eigenvalue weighted by Crippen LogP contribution is 2.23. The molecule has 0 bridgehead atoms. The Morgan fingerprint density at radius 1 is 1.08 bits per heavy atom. The van der Waals surface area contributed by atoms with E-state index in [1.807, 2.05) is 36.4 Å². The number of benzene rings is 2. The van der Waals surface area contributed by atoms with Crippen molar-refractivity contribution in [2.45, 2.75) is 26.2 Å². The lowest BCUT2D eigenvalue weighted by Gasteiger charge is -2.06. The van der Waals surface area contributed by atoms with Crippen molar-refractivity contribution in [3.8, 4) is 5.75 Å². The van der Waals surface area contributed by atoms with Gasteiger partial charge in [-0.25, -0.2) is 4.79 Å². The minimum atomic E-state index is -0.463. The third kappa shape index (κ3) is 4.52. The van der Waals surface area contributed by atoms with E-state index >= 15 is 0 Å². The number of hydrogen-bond donors (Lipinski definition) is 0. The van der Waals surface area contributed by atoms with E-state index in [1.165, 1.54) is 12.8 Å². The van der Waals surface area contributed by atoms with Crippen LogP contribution < -0.4 is 4.74 Å². The number of hydrogen-bond acceptors (Lipinski definition) is 4. The molecule has 3 rings (SSSR count). The predicted molar refractivity (Wildman–Crippen MR) is 104 cm³/mol. The topological polar surface area (TPSA) is 47.9 Å². The summed E-state index contributed by atoms with van der Waals surface area (Å²) < 4.78 is 5.71. The van der Waals surface area contributed by atoms with Gasteiger partial charge in [0.1, 0.15) is 11.5 Å². The Labute approximate surface area is 158 Å². The van der Waals surface area contributed by atoms with Crippen LogP contribution in [0, 0.1) is 0 Å². The largest absolute Gasteiger partial charge is 0.494 e. The average Bonchev–Trinajstić information content (AvgIpc) is 3.01. The molecule has 0 amide bonds. The highest BCUT2D eigenvalue weighted by Gasteiger charge is 2.26. The molecule has 2 aromatic carbocycles. The van der Waals surface area contributed by atoms with Crippen molar-refractivity contribution in [1.82, 2.24) is 0 Å². The molecule has 0 spiro atoms.